The first kappa shape index (κ1) is 10.8. The summed E-state index contributed by atoms with van der Waals surface area (Å²) in [6.07, 6.45) is 2.28. The second kappa shape index (κ2) is 4.05. The molecule has 0 spiro atoms. The summed E-state index contributed by atoms with van der Waals surface area (Å²) in [4.78, 5) is 0. The standard InChI is InChI=1S/C12H17BrN2/c1-3-12(4-2)8-14-10-6-5-9(13)7-11(10)15-12/h5-7,14-15H,3-4,8H2,1-2H3. The van der Waals surface area contributed by atoms with E-state index in [0.717, 1.165) is 23.9 Å². The van der Waals surface area contributed by atoms with Gasteiger partial charge in [-0.2, -0.15) is 0 Å². The normalized spacial score (nSPS) is 17.5. The van der Waals surface area contributed by atoms with Crippen LogP contribution in [-0.4, -0.2) is 12.1 Å². The summed E-state index contributed by atoms with van der Waals surface area (Å²) in [5.74, 6) is 0. The third-order valence-corrected chi connectivity index (χ3v) is 3.85. The lowest BCUT2D eigenvalue weighted by molar-refractivity contribution is 0.451. The lowest BCUT2D eigenvalue weighted by atomic mass is 9.90. The first-order chi connectivity index (χ1) is 7.19. The fourth-order valence-corrected chi connectivity index (χ4v) is 2.41. The van der Waals surface area contributed by atoms with E-state index in [4.69, 9.17) is 0 Å². The Labute approximate surface area is 99.6 Å². The molecular weight excluding hydrogens is 252 g/mol. The van der Waals surface area contributed by atoms with Crippen molar-refractivity contribution in [2.45, 2.75) is 32.2 Å². The number of hydrogen-bond acceptors (Lipinski definition) is 2. The van der Waals surface area contributed by atoms with Gasteiger partial charge in [-0.1, -0.05) is 29.8 Å². The van der Waals surface area contributed by atoms with Gasteiger partial charge in [-0.05, 0) is 31.0 Å². The van der Waals surface area contributed by atoms with E-state index in [1.54, 1.807) is 0 Å². The van der Waals surface area contributed by atoms with Crippen molar-refractivity contribution < 1.29 is 0 Å². The van der Waals surface area contributed by atoms with Gasteiger partial charge in [0.05, 0.1) is 16.9 Å². The number of nitrogens with one attached hydrogen (secondary N) is 2. The second-order valence-electron chi connectivity index (χ2n) is 4.16. The van der Waals surface area contributed by atoms with E-state index in [9.17, 15) is 0 Å². The molecule has 0 saturated carbocycles. The summed E-state index contributed by atoms with van der Waals surface area (Å²) in [6.45, 7) is 5.48. The minimum atomic E-state index is 0.216. The molecule has 3 heteroatoms. The van der Waals surface area contributed by atoms with Gasteiger partial charge in [-0.15, -0.1) is 0 Å². The first-order valence-corrected chi connectivity index (χ1v) is 6.30. The van der Waals surface area contributed by atoms with Crippen LogP contribution >= 0.6 is 15.9 Å². The number of anilines is 2. The van der Waals surface area contributed by atoms with Gasteiger partial charge in [0, 0.05) is 11.0 Å². The van der Waals surface area contributed by atoms with Crippen molar-refractivity contribution in [3.05, 3.63) is 22.7 Å². The van der Waals surface area contributed by atoms with Crippen LogP contribution in [0.15, 0.2) is 22.7 Å². The summed E-state index contributed by atoms with van der Waals surface area (Å²) in [6, 6.07) is 6.32. The number of hydrogen-bond donors (Lipinski definition) is 2. The summed E-state index contributed by atoms with van der Waals surface area (Å²) >= 11 is 3.50. The zero-order valence-electron chi connectivity index (χ0n) is 9.23. The molecule has 82 valence electrons. The molecule has 1 aromatic rings. The molecule has 0 radical (unpaired) electrons. The van der Waals surface area contributed by atoms with Crippen LogP contribution in [0.4, 0.5) is 11.4 Å². The number of halogens is 1. The molecule has 1 aliphatic rings. The average molecular weight is 269 g/mol. The maximum Gasteiger partial charge on any atom is 0.0592 e. The average Bonchev–Trinajstić information content (AvgIpc) is 2.28. The number of benzene rings is 1. The third-order valence-electron chi connectivity index (χ3n) is 3.35. The van der Waals surface area contributed by atoms with Gasteiger partial charge in [0.1, 0.15) is 0 Å². The summed E-state index contributed by atoms with van der Waals surface area (Å²) in [5, 5.41) is 7.16. The predicted octanol–water partition coefficient (Wildman–Crippen LogP) is 3.85. The summed E-state index contributed by atoms with van der Waals surface area (Å²) in [5.41, 5.74) is 2.63. The monoisotopic (exact) mass is 268 g/mol. The Morgan fingerprint density at radius 3 is 2.67 bits per heavy atom. The summed E-state index contributed by atoms with van der Waals surface area (Å²) < 4.78 is 1.12. The van der Waals surface area contributed by atoms with E-state index in [-0.39, 0.29) is 5.54 Å². The van der Waals surface area contributed by atoms with Crippen LogP contribution in [0.5, 0.6) is 0 Å². The van der Waals surface area contributed by atoms with Gasteiger partial charge >= 0.3 is 0 Å². The molecule has 0 amide bonds. The molecule has 2 N–H and O–H groups in total. The lowest BCUT2D eigenvalue weighted by Crippen LogP contribution is -2.46. The van der Waals surface area contributed by atoms with Crippen molar-refractivity contribution in [3.8, 4) is 0 Å². The quantitative estimate of drug-likeness (QED) is 0.852. The second-order valence-corrected chi connectivity index (χ2v) is 5.07. The SMILES string of the molecule is CCC1(CC)CNc2ccc(Br)cc2N1. The molecule has 2 rings (SSSR count). The van der Waals surface area contributed by atoms with Crippen LogP contribution in [-0.2, 0) is 0 Å². The van der Waals surface area contributed by atoms with Crippen LogP contribution in [0.2, 0.25) is 0 Å². The molecule has 0 aromatic heterocycles. The highest BCUT2D eigenvalue weighted by Crippen LogP contribution is 2.35. The number of rotatable bonds is 2. The molecule has 0 fully saturated rings. The topological polar surface area (TPSA) is 24.1 Å². The molecule has 0 atom stereocenters. The number of fused-ring (bicyclic) bond motifs is 1. The fraction of sp³-hybridized carbons (Fsp3) is 0.500. The molecule has 2 nitrogen and oxygen atoms in total. The molecule has 1 aliphatic heterocycles. The van der Waals surface area contributed by atoms with E-state index in [1.807, 2.05) is 0 Å². The largest absolute Gasteiger partial charge is 0.381 e. The third kappa shape index (κ3) is 1.98. The minimum absolute atomic E-state index is 0.216. The molecule has 0 bridgehead atoms. The van der Waals surface area contributed by atoms with Gasteiger partial charge in [-0.3, -0.25) is 0 Å². The first-order valence-electron chi connectivity index (χ1n) is 5.51. The van der Waals surface area contributed by atoms with Crippen molar-refractivity contribution >= 4 is 27.3 Å². The van der Waals surface area contributed by atoms with Gasteiger partial charge in [0.15, 0.2) is 0 Å². The van der Waals surface area contributed by atoms with Crippen molar-refractivity contribution in [1.29, 1.82) is 0 Å². The highest BCUT2D eigenvalue weighted by atomic mass is 79.9. The Morgan fingerprint density at radius 1 is 1.27 bits per heavy atom. The van der Waals surface area contributed by atoms with Gasteiger partial charge in [0.25, 0.3) is 0 Å². The Kier molecular flexibility index (Phi) is 2.91. The maximum absolute atomic E-state index is 3.66. The summed E-state index contributed by atoms with van der Waals surface area (Å²) in [7, 11) is 0. The Hall–Kier alpha value is -0.700. The van der Waals surface area contributed by atoms with Gasteiger partial charge in [0.2, 0.25) is 0 Å². The highest BCUT2D eigenvalue weighted by molar-refractivity contribution is 9.10. The minimum Gasteiger partial charge on any atom is -0.381 e. The van der Waals surface area contributed by atoms with E-state index >= 15 is 0 Å². The highest BCUT2D eigenvalue weighted by Gasteiger charge is 2.30. The Bertz CT molecular complexity index is 359. The molecule has 0 saturated heterocycles. The van der Waals surface area contributed by atoms with Crippen molar-refractivity contribution in [2.24, 2.45) is 0 Å². The lowest BCUT2D eigenvalue weighted by Gasteiger charge is -2.39. The van der Waals surface area contributed by atoms with Crippen LogP contribution in [0.1, 0.15) is 26.7 Å². The molecular formula is C12H17BrN2. The Morgan fingerprint density at radius 2 is 2.00 bits per heavy atom. The van der Waals surface area contributed by atoms with Crippen molar-refractivity contribution in [2.75, 3.05) is 17.2 Å². The zero-order chi connectivity index (χ0) is 10.9. The molecule has 15 heavy (non-hydrogen) atoms. The van der Waals surface area contributed by atoms with E-state index in [0.29, 0.717) is 0 Å². The van der Waals surface area contributed by atoms with Crippen molar-refractivity contribution in [1.82, 2.24) is 0 Å². The molecule has 1 aromatic carbocycles. The van der Waals surface area contributed by atoms with E-state index < -0.39 is 0 Å². The van der Waals surface area contributed by atoms with Crippen LogP contribution < -0.4 is 10.6 Å². The predicted molar refractivity (Wildman–Crippen MR) is 69.6 cm³/mol. The van der Waals surface area contributed by atoms with Crippen LogP contribution in [0, 0.1) is 0 Å². The van der Waals surface area contributed by atoms with Gasteiger partial charge in [-0.25, -0.2) is 0 Å². The van der Waals surface area contributed by atoms with Gasteiger partial charge < -0.3 is 10.6 Å². The Balaban J connectivity index is 2.32. The smallest absolute Gasteiger partial charge is 0.0592 e. The molecule has 0 unspecified atom stereocenters. The maximum atomic E-state index is 3.66. The molecule has 1 heterocycles. The van der Waals surface area contributed by atoms with Crippen LogP contribution in [0.25, 0.3) is 0 Å². The van der Waals surface area contributed by atoms with E-state index in [1.165, 1.54) is 11.4 Å². The fourth-order valence-electron chi connectivity index (χ4n) is 2.05. The van der Waals surface area contributed by atoms with E-state index in [2.05, 4.69) is 58.6 Å². The van der Waals surface area contributed by atoms with Crippen LogP contribution in [0.3, 0.4) is 0 Å². The molecule has 0 aliphatic carbocycles. The zero-order valence-corrected chi connectivity index (χ0v) is 10.8. The van der Waals surface area contributed by atoms with Crippen molar-refractivity contribution in [3.63, 3.8) is 0 Å².